The maximum atomic E-state index is 13.1. The van der Waals surface area contributed by atoms with Crippen LogP contribution in [0.3, 0.4) is 0 Å². The Morgan fingerprint density at radius 3 is 2.79 bits per heavy atom. The Balaban J connectivity index is 1.49. The normalized spacial score (nSPS) is 21.3. The van der Waals surface area contributed by atoms with Crippen LogP contribution in [-0.2, 0) is 19.6 Å². The molecule has 4 rings (SSSR count). The fourth-order valence-electron chi connectivity index (χ4n) is 4.76. The van der Waals surface area contributed by atoms with Gasteiger partial charge in [-0.25, -0.2) is 0 Å². The quantitative estimate of drug-likeness (QED) is 0.750. The van der Waals surface area contributed by atoms with E-state index in [0.717, 1.165) is 56.0 Å². The Morgan fingerprint density at radius 1 is 1.17 bits per heavy atom. The predicted octanol–water partition coefficient (Wildman–Crippen LogP) is 1.95. The number of rotatable bonds is 7. The molecule has 2 atom stereocenters. The van der Waals surface area contributed by atoms with Crippen molar-refractivity contribution >= 4 is 11.8 Å². The largest absolute Gasteiger partial charge is 0.329 e. The first-order chi connectivity index (χ1) is 14.0. The number of hydrogen-bond donors (Lipinski definition) is 1. The lowest BCUT2D eigenvalue weighted by Gasteiger charge is -2.43. The molecule has 0 aromatic carbocycles. The first kappa shape index (κ1) is 20.4. The van der Waals surface area contributed by atoms with Crippen LogP contribution in [0, 0.1) is 5.92 Å². The highest BCUT2D eigenvalue weighted by Gasteiger charge is 2.34. The van der Waals surface area contributed by atoms with E-state index in [1.165, 1.54) is 5.69 Å². The number of pyridine rings is 2. The van der Waals surface area contributed by atoms with E-state index in [4.69, 9.17) is 0 Å². The third-order valence-corrected chi connectivity index (χ3v) is 6.72. The van der Waals surface area contributed by atoms with Gasteiger partial charge in [0.25, 0.3) is 5.56 Å². The summed E-state index contributed by atoms with van der Waals surface area (Å²) in [5.74, 6) is 1.99. The molecule has 156 valence electrons. The molecule has 6 nitrogen and oxygen atoms in total. The number of thioether (sulfide) groups is 1. The van der Waals surface area contributed by atoms with Crippen LogP contribution >= 0.6 is 11.8 Å². The number of fused-ring (bicyclic) bond motifs is 4. The second kappa shape index (κ2) is 8.90. The molecule has 0 amide bonds. The van der Waals surface area contributed by atoms with Gasteiger partial charge in [-0.1, -0.05) is 12.1 Å². The van der Waals surface area contributed by atoms with Crippen LogP contribution in [0.1, 0.15) is 29.2 Å². The molecule has 0 radical (unpaired) electrons. The minimum absolute atomic E-state index is 0.0625. The topological polar surface area (TPSA) is 61.3 Å². The van der Waals surface area contributed by atoms with Gasteiger partial charge in [-0.3, -0.25) is 14.5 Å². The molecule has 2 aliphatic heterocycles. The molecule has 2 aromatic heterocycles. The summed E-state index contributed by atoms with van der Waals surface area (Å²) in [5.41, 5.74) is 3.36. The van der Waals surface area contributed by atoms with Gasteiger partial charge in [-0.2, -0.15) is 11.8 Å². The van der Waals surface area contributed by atoms with Crippen LogP contribution in [-0.4, -0.2) is 58.0 Å². The Morgan fingerprint density at radius 2 is 2.03 bits per heavy atom. The summed E-state index contributed by atoms with van der Waals surface area (Å²) in [6, 6.07) is 7.72. The van der Waals surface area contributed by atoms with Crippen molar-refractivity contribution < 1.29 is 0 Å². The molecular weight excluding hydrogens is 384 g/mol. The van der Waals surface area contributed by atoms with Gasteiger partial charge in [0.05, 0.1) is 0 Å². The van der Waals surface area contributed by atoms with E-state index in [1.807, 2.05) is 34.7 Å². The molecule has 0 unspecified atom stereocenters. The van der Waals surface area contributed by atoms with Gasteiger partial charge in [0.2, 0.25) is 5.56 Å². The van der Waals surface area contributed by atoms with E-state index in [0.29, 0.717) is 18.4 Å². The molecule has 4 heterocycles. The number of hydrogen-bond acceptors (Lipinski definition) is 5. The first-order valence-corrected chi connectivity index (χ1v) is 11.7. The number of likely N-dealkylation sites (tertiary alicyclic amines) is 1. The average molecular weight is 415 g/mol. The van der Waals surface area contributed by atoms with Crippen LogP contribution < -0.4 is 11.1 Å². The molecule has 0 saturated carbocycles. The maximum absolute atomic E-state index is 13.1. The molecule has 0 spiro atoms. The lowest BCUT2D eigenvalue weighted by atomic mass is 9.83. The van der Waals surface area contributed by atoms with Crippen LogP contribution in [0.25, 0.3) is 0 Å². The fraction of sp³-hybridized carbons (Fsp3) is 0.545. The SMILES string of the molecule is CSCCN(C)Cc1ccc2n(c1=O)C[C@H]1C[C@@H]2CN(Cc2ccc(=O)[nH]c2)C1. The summed E-state index contributed by atoms with van der Waals surface area (Å²) in [7, 11) is 2.09. The summed E-state index contributed by atoms with van der Waals surface area (Å²) in [5, 5.41) is 0. The summed E-state index contributed by atoms with van der Waals surface area (Å²) < 4.78 is 2.05. The van der Waals surface area contributed by atoms with Crippen molar-refractivity contribution in [2.24, 2.45) is 5.92 Å². The number of piperidine rings is 1. The zero-order valence-electron chi connectivity index (χ0n) is 17.3. The number of nitrogens with one attached hydrogen (secondary N) is 1. The van der Waals surface area contributed by atoms with Crippen molar-refractivity contribution in [2.75, 3.05) is 38.7 Å². The van der Waals surface area contributed by atoms with Crippen molar-refractivity contribution in [3.05, 3.63) is 68.0 Å². The zero-order chi connectivity index (χ0) is 20.4. The highest BCUT2D eigenvalue weighted by molar-refractivity contribution is 7.98. The van der Waals surface area contributed by atoms with Gasteiger partial charge in [-0.15, -0.1) is 0 Å². The van der Waals surface area contributed by atoms with Crippen LogP contribution in [0.4, 0.5) is 0 Å². The summed E-state index contributed by atoms with van der Waals surface area (Å²) in [4.78, 5) is 31.9. The average Bonchev–Trinajstić information content (AvgIpc) is 2.70. The second-order valence-electron chi connectivity index (χ2n) is 8.48. The van der Waals surface area contributed by atoms with E-state index < -0.39 is 0 Å². The highest BCUT2D eigenvalue weighted by Crippen LogP contribution is 2.35. The van der Waals surface area contributed by atoms with Crippen LogP contribution in [0.5, 0.6) is 0 Å². The fourth-order valence-corrected chi connectivity index (χ4v) is 5.25. The van der Waals surface area contributed by atoms with Crippen LogP contribution in [0.15, 0.2) is 40.1 Å². The van der Waals surface area contributed by atoms with Gasteiger partial charge < -0.3 is 14.5 Å². The standard InChI is InChI=1S/C22H30N4O2S/c1-24(7-8-29-2)14-18-4-5-20-19-9-17(13-26(20)22(18)28)12-25(15-19)11-16-3-6-21(27)23-10-16/h3-6,10,17,19H,7-9,11-15H2,1-2H3,(H,23,27)/t17-,19+/m0/s1. The number of aromatic nitrogens is 2. The molecule has 2 bridgehead atoms. The highest BCUT2D eigenvalue weighted by atomic mass is 32.2. The summed E-state index contributed by atoms with van der Waals surface area (Å²) in [6.45, 7) is 5.32. The Hall–Kier alpha value is -1.83. The lowest BCUT2D eigenvalue weighted by Crippen LogP contribution is -2.47. The lowest BCUT2D eigenvalue weighted by molar-refractivity contribution is 0.114. The number of aromatic amines is 1. The van der Waals surface area contributed by atoms with Gasteiger partial charge in [0, 0.05) is 74.5 Å². The van der Waals surface area contributed by atoms with E-state index in [-0.39, 0.29) is 11.1 Å². The second-order valence-corrected chi connectivity index (χ2v) is 9.47. The number of nitrogens with zero attached hydrogens (tertiary/aromatic N) is 3. The molecule has 29 heavy (non-hydrogen) atoms. The Labute approximate surface area is 175 Å². The smallest absolute Gasteiger partial charge is 0.255 e. The predicted molar refractivity (Wildman–Crippen MR) is 119 cm³/mol. The van der Waals surface area contributed by atoms with Crippen molar-refractivity contribution in [1.82, 2.24) is 19.4 Å². The zero-order valence-corrected chi connectivity index (χ0v) is 18.1. The Kier molecular flexibility index (Phi) is 6.27. The monoisotopic (exact) mass is 414 g/mol. The minimum atomic E-state index is -0.0625. The molecule has 1 fully saturated rings. The number of H-pyrrole nitrogens is 1. The summed E-state index contributed by atoms with van der Waals surface area (Å²) in [6.07, 6.45) is 5.08. The van der Waals surface area contributed by atoms with Gasteiger partial charge in [0.15, 0.2) is 0 Å². The first-order valence-electron chi connectivity index (χ1n) is 10.3. The molecule has 2 aromatic rings. The molecule has 0 aliphatic carbocycles. The van der Waals surface area contributed by atoms with E-state index in [9.17, 15) is 9.59 Å². The molecule has 1 saturated heterocycles. The Bertz CT molecular complexity index is 950. The maximum Gasteiger partial charge on any atom is 0.255 e. The van der Waals surface area contributed by atoms with Crippen molar-refractivity contribution in [2.45, 2.75) is 32.0 Å². The third-order valence-electron chi connectivity index (χ3n) is 6.13. The van der Waals surface area contributed by atoms with Gasteiger partial charge >= 0.3 is 0 Å². The summed E-state index contributed by atoms with van der Waals surface area (Å²) >= 11 is 1.83. The van der Waals surface area contributed by atoms with E-state index >= 15 is 0 Å². The van der Waals surface area contributed by atoms with Crippen molar-refractivity contribution in [3.8, 4) is 0 Å². The van der Waals surface area contributed by atoms with E-state index in [2.05, 4.69) is 34.2 Å². The van der Waals surface area contributed by atoms with Crippen molar-refractivity contribution in [1.29, 1.82) is 0 Å². The molecule has 1 N–H and O–H groups in total. The van der Waals surface area contributed by atoms with Crippen LogP contribution in [0.2, 0.25) is 0 Å². The minimum Gasteiger partial charge on any atom is -0.329 e. The van der Waals surface area contributed by atoms with Gasteiger partial charge in [0.1, 0.15) is 0 Å². The molecular formula is C22H30N4O2S. The molecule has 7 heteroatoms. The van der Waals surface area contributed by atoms with Crippen molar-refractivity contribution in [3.63, 3.8) is 0 Å². The van der Waals surface area contributed by atoms with E-state index in [1.54, 1.807) is 6.07 Å². The molecule has 2 aliphatic rings. The third kappa shape index (κ3) is 4.68. The van der Waals surface area contributed by atoms with Gasteiger partial charge in [-0.05, 0) is 37.3 Å².